The number of hydrogen-bond donors (Lipinski definition) is 1. The molecule has 1 aliphatic rings. The van der Waals surface area contributed by atoms with Crippen LogP contribution in [-0.2, 0) is 0 Å². The van der Waals surface area contributed by atoms with Crippen molar-refractivity contribution >= 4 is 0 Å². The molecule has 3 heteroatoms. The zero-order valence-corrected chi connectivity index (χ0v) is 11.3. The van der Waals surface area contributed by atoms with Crippen molar-refractivity contribution < 1.29 is 0 Å². The van der Waals surface area contributed by atoms with Crippen LogP contribution < -0.4 is 5.32 Å². The fraction of sp³-hybridized carbons (Fsp3) is 1.00. The van der Waals surface area contributed by atoms with E-state index < -0.39 is 0 Å². The minimum atomic E-state index is 0.761. The second kappa shape index (κ2) is 8.04. The number of nitrogens with zero attached hydrogens (tertiary/aromatic N) is 2. The molecule has 0 bridgehead atoms. The Morgan fingerprint density at radius 1 is 1.19 bits per heavy atom. The first-order valence-electron chi connectivity index (χ1n) is 6.89. The van der Waals surface area contributed by atoms with Gasteiger partial charge in [-0.05, 0) is 46.3 Å². The van der Waals surface area contributed by atoms with Gasteiger partial charge >= 0.3 is 0 Å². The molecule has 3 nitrogen and oxygen atoms in total. The van der Waals surface area contributed by atoms with Crippen LogP contribution in [0.2, 0.25) is 0 Å². The molecule has 1 fully saturated rings. The molecule has 1 aliphatic heterocycles. The van der Waals surface area contributed by atoms with Crippen LogP contribution in [0.4, 0.5) is 0 Å². The Kier molecular flexibility index (Phi) is 7.01. The molecule has 1 saturated heterocycles. The predicted molar refractivity (Wildman–Crippen MR) is 70.9 cm³/mol. The Morgan fingerprint density at radius 3 is 2.44 bits per heavy atom. The summed E-state index contributed by atoms with van der Waals surface area (Å²) in [6.45, 7) is 12.1. The monoisotopic (exact) mass is 227 g/mol. The van der Waals surface area contributed by atoms with Gasteiger partial charge in [0.05, 0.1) is 0 Å². The summed E-state index contributed by atoms with van der Waals surface area (Å²) in [5.74, 6) is 0. The van der Waals surface area contributed by atoms with E-state index in [4.69, 9.17) is 0 Å². The Labute approximate surface area is 101 Å². The van der Waals surface area contributed by atoms with Crippen LogP contribution in [0, 0.1) is 0 Å². The topological polar surface area (TPSA) is 18.5 Å². The molecule has 0 amide bonds. The summed E-state index contributed by atoms with van der Waals surface area (Å²) in [5, 5.41) is 3.22. The molecule has 0 saturated carbocycles. The average Bonchev–Trinajstić information content (AvgIpc) is 2.30. The lowest BCUT2D eigenvalue weighted by molar-refractivity contribution is 0.0981. The van der Waals surface area contributed by atoms with Crippen LogP contribution in [-0.4, -0.2) is 62.2 Å². The fourth-order valence-corrected chi connectivity index (χ4v) is 2.50. The van der Waals surface area contributed by atoms with E-state index in [9.17, 15) is 0 Å². The van der Waals surface area contributed by atoms with E-state index in [1.807, 2.05) is 7.05 Å². The van der Waals surface area contributed by atoms with Gasteiger partial charge in [-0.3, -0.25) is 4.90 Å². The van der Waals surface area contributed by atoms with Crippen LogP contribution >= 0.6 is 0 Å². The lowest BCUT2D eigenvalue weighted by atomic mass is 10.1. The van der Waals surface area contributed by atoms with Gasteiger partial charge in [0, 0.05) is 32.2 Å². The summed E-state index contributed by atoms with van der Waals surface area (Å²) in [6, 6.07) is 0.761. The van der Waals surface area contributed by atoms with Gasteiger partial charge in [-0.2, -0.15) is 0 Å². The molecule has 0 aromatic carbocycles. The van der Waals surface area contributed by atoms with Crippen molar-refractivity contribution in [1.82, 2.24) is 15.1 Å². The Balaban J connectivity index is 2.14. The van der Waals surface area contributed by atoms with Crippen molar-refractivity contribution in [3.05, 3.63) is 0 Å². The first-order chi connectivity index (χ1) is 7.77. The summed E-state index contributed by atoms with van der Waals surface area (Å²) in [7, 11) is 2.04. The summed E-state index contributed by atoms with van der Waals surface area (Å²) < 4.78 is 0. The molecule has 0 spiro atoms. The number of hydrogen-bond acceptors (Lipinski definition) is 3. The normalized spacial score (nSPS) is 21.2. The highest BCUT2D eigenvalue weighted by molar-refractivity contribution is 4.76. The molecule has 1 unspecified atom stereocenters. The smallest absolute Gasteiger partial charge is 0.0113 e. The molecule has 0 radical (unpaired) electrons. The first kappa shape index (κ1) is 13.9. The van der Waals surface area contributed by atoms with Crippen LogP contribution in [0.25, 0.3) is 0 Å². The number of nitrogens with one attached hydrogen (secondary N) is 1. The van der Waals surface area contributed by atoms with E-state index in [1.165, 1.54) is 52.0 Å². The molecule has 1 heterocycles. The minimum absolute atomic E-state index is 0.761. The van der Waals surface area contributed by atoms with E-state index >= 15 is 0 Å². The zero-order chi connectivity index (χ0) is 11.8. The van der Waals surface area contributed by atoms with Crippen molar-refractivity contribution in [2.45, 2.75) is 39.2 Å². The van der Waals surface area contributed by atoms with Gasteiger partial charge in [-0.1, -0.05) is 6.92 Å². The predicted octanol–water partition coefficient (Wildman–Crippen LogP) is 1.40. The first-order valence-corrected chi connectivity index (χ1v) is 6.89. The van der Waals surface area contributed by atoms with Crippen molar-refractivity contribution in [3.8, 4) is 0 Å². The summed E-state index contributed by atoms with van der Waals surface area (Å²) >= 11 is 0. The number of rotatable bonds is 7. The third kappa shape index (κ3) is 4.81. The van der Waals surface area contributed by atoms with Crippen molar-refractivity contribution in [1.29, 1.82) is 0 Å². The van der Waals surface area contributed by atoms with Crippen molar-refractivity contribution in [2.24, 2.45) is 0 Å². The summed E-state index contributed by atoms with van der Waals surface area (Å²) in [4.78, 5) is 5.25. The molecule has 0 aromatic heterocycles. The van der Waals surface area contributed by atoms with Crippen LogP contribution in [0.3, 0.4) is 0 Å². The molecule has 0 aromatic rings. The molecule has 16 heavy (non-hydrogen) atoms. The van der Waals surface area contributed by atoms with Crippen LogP contribution in [0.15, 0.2) is 0 Å². The van der Waals surface area contributed by atoms with E-state index in [0.29, 0.717) is 0 Å². The molecule has 0 aliphatic carbocycles. The molecule has 1 rings (SSSR count). The highest BCUT2D eigenvalue weighted by Crippen LogP contribution is 2.10. The van der Waals surface area contributed by atoms with Crippen LogP contribution in [0.1, 0.15) is 33.1 Å². The second-order valence-corrected chi connectivity index (χ2v) is 4.97. The Morgan fingerprint density at radius 2 is 1.88 bits per heavy atom. The molecule has 1 atom stereocenters. The quantitative estimate of drug-likeness (QED) is 0.663. The van der Waals surface area contributed by atoms with Crippen molar-refractivity contribution in [2.75, 3.05) is 46.3 Å². The van der Waals surface area contributed by atoms with Gasteiger partial charge < -0.3 is 10.2 Å². The molecular formula is C13H29N3. The van der Waals surface area contributed by atoms with Gasteiger partial charge in [-0.15, -0.1) is 0 Å². The molecular weight excluding hydrogens is 198 g/mol. The Hall–Kier alpha value is -0.120. The highest BCUT2D eigenvalue weighted by atomic mass is 15.3. The van der Waals surface area contributed by atoms with E-state index in [2.05, 4.69) is 29.0 Å². The molecule has 1 N–H and O–H groups in total. The summed E-state index contributed by atoms with van der Waals surface area (Å²) in [5.41, 5.74) is 0. The van der Waals surface area contributed by atoms with E-state index in [-0.39, 0.29) is 0 Å². The highest BCUT2D eigenvalue weighted by Gasteiger charge is 2.19. The standard InChI is InChI=1S/C13H29N3/c1-4-8-15-9-11-16(12-10-15)13(2)6-5-7-14-3/h13-14H,4-12H2,1-3H3. The maximum absolute atomic E-state index is 3.22. The van der Waals surface area contributed by atoms with Crippen molar-refractivity contribution in [3.63, 3.8) is 0 Å². The third-order valence-electron chi connectivity index (χ3n) is 3.62. The van der Waals surface area contributed by atoms with E-state index in [1.54, 1.807) is 0 Å². The van der Waals surface area contributed by atoms with E-state index in [0.717, 1.165) is 12.6 Å². The zero-order valence-electron chi connectivity index (χ0n) is 11.3. The number of piperazine rings is 1. The average molecular weight is 227 g/mol. The SMILES string of the molecule is CCCN1CCN(C(C)CCCNC)CC1. The fourth-order valence-electron chi connectivity index (χ4n) is 2.50. The van der Waals surface area contributed by atoms with Crippen LogP contribution in [0.5, 0.6) is 0 Å². The van der Waals surface area contributed by atoms with Gasteiger partial charge in [0.25, 0.3) is 0 Å². The lowest BCUT2D eigenvalue weighted by Crippen LogP contribution is -2.49. The molecule has 96 valence electrons. The minimum Gasteiger partial charge on any atom is -0.320 e. The van der Waals surface area contributed by atoms with Gasteiger partial charge in [0.15, 0.2) is 0 Å². The third-order valence-corrected chi connectivity index (χ3v) is 3.62. The Bertz CT molecular complexity index is 165. The lowest BCUT2D eigenvalue weighted by Gasteiger charge is -2.38. The largest absolute Gasteiger partial charge is 0.320 e. The summed E-state index contributed by atoms with van der Waals surface area (Å²) in [6.07, 6.45) is 3.92. The van der Waals surface area contributed by atoms with Gasteiger partial charge in [0.1, 0.15) is 0 Å². The van der Waals surface area contributed by atoms with Gasteiger partial charge in [-0.25, -0.2) is 0 Å². The second-order valence-electron chi connectivity index (χ2n) is 4.97. The maximum atomic E-state index is 3.22. The van der Waals surface area contributed by atoms with Gasteiger partial charge in [0.2, 0.25) is 0 Å². The maximum Gasteiger partial charge on any atom is 0.0113 e.